The van der Waals surface area contributed by atoms with E-state index in [1.807, 2.05) is 6.92 Å². The number of carboxylic acids is 1. The predicted molar refractivity (Wildman–Crippen MR) is 74.2 cm³/mol. The fourth-order valence-electron chi connectivity index (χ4n) is 2.00. The molecule has 1 aromatic rings. The summed E-state index contributed by atoms with van der Waals surface area (Å²) in [6.45, 7) is 5.01. The number of carbonyl (C=O) groups is 1. The van der Waals surface area contributed by atoms with E-state index >= 15 is 0 Å². The van der Waals surface area contributed by atoms with Crippen LogP contribution in [0.2, 0.25) is 0 Å². The van der Waals surface area contributed by atoms with Crippen LogP contribution in [0, 0.1) is 17.0 Å². The Labute approximate surface area is 116 Å². The number of nitrogens with zero attached hydrogens (tertiary/aromatic N) is 1. The molecule has 2 unspecified atom stereocenters. The molecule has 7 nitrogen and oxygen atoms in total. The maximum absolute atomic E-state index is 11.0. The molecule has 0 fully saturated rings. The summed E-state index contributed by atoms with van der Waals surface area (Å²) in [7, 11) is 0. The van der Waals surface area contributed by atoms with E-state index in [2.05, 4.69) is 5.32 Å². The molecule has 20 heavy (non-hydrogen) atoms. The average molecular weight is 282 g/mol. The second-order valence-electron chi connectivity index (χ2n) is 4.86. The van der Waals surface area contributed by atoms with Gasteiger partial charge in [-0.2, -0.15) is 0 Å². The second-order valence-corrected chi connectivity index (χ2v) is 4.86. The smallest absolute Gasteiger partial charge is 0.336 e. The zero-order chi connectivity index (χ0) is 15.4. The van der Waals surface area contributed by atoms with Crippen LogP contribution in [-0.4, -0.2) is 33.3 Å². The van der Waals surface area contributed by atoms with Gasteiger partial charge in [0.15, 0.2) is 0 Å². The first-order valence-electron chi connectivity index (χ1n) is 6.19. The number of aliphatic hydroxyl groups excluding tert-OH is 1. The molecule has 0 heterocycles. The van der Waals surface area contributed by atoms with Crippen LogP contribution in [0.4, 0.5) is 11.4 Å². The molecule has 0 amide bonds. The molecule has 0 saturated heterocycles. The Morgan fingerprint density at radius 2 is 2.05 bits per heavy atom. The molecule has 1 aromatic carbocycles. The molecule has 7 heteroatoms. The van der Waals surface area contributed by atoms with Crippen LogP contribution in [0.25, 0.3) is 0 Å². The van der Waals surface area contributed by atoms with Crippen molar-refractivity contribution in [3.05, 3.63) is 33.4 Å². The van der Waals surface area contributed by atoms with Crippen molar-refractivity contribution in [1.82, 2.24) is 0 Å². The summed E-state index contributed by atoms with van der Waals surface area (Å²) in [6, 6.07) is 2.27. The first-order chi connectivity index (χ1) is 9.22. The summed E-state index contributed by atoms with van der Waals surface area (Å²) in [5, 5.41) is 32.3. The number of nitrogens with one attached hydrogen (secondary N) is 1. The molecule has 0 aromatic heterocycles. The number of carboxylic acid groups (broad SMARTS) is 1. The van der Waals surface area contributed by atoms with Crippen LogP contribution in [0.15, 0.2) is 12.1 Å². The minimum atomic E-state index is -1.22. The summed E-state index contributed by atoms with van der Waals surface area (Å²) >= 11 is 0. The summed E-state index contributed by atoms with van der Waals surface area (Å²) in [4.78, 5) is 21.4. The molecule has 110 valence electrons. The van der Waals surface area contributed by atoms with Crippen molar-refractivity contribution >= 4 is 17.3 Å². The number of nitro groups is 1. The Kier molecular flexibility index (Phi) is 5.04. The maximum atomic E-state index is 11.0. The van der Waals surface area contributed by atoms with E-state index in [0.717, 1.165) is 6.07 Å². The predicted octanol–water partition coefficient (Wildman–Crippen LogP) is 2.17. The highest BCUT2D eigenvalue weighted by atomic mass is 16.6. The summed E-state index contributed by atoms with van der Waals surface area (Å²) < 4.78 is 0. The third-order valence-electron chi connectivity index (χ3n) is 2.92. The van der Waals surface area contributed by atoms with Crippen LogP contribution in [-0.2, 0) is 0 Å². The van der Waals surface area contributed by atoms with E-state index in [1.54, 1.807) is 13.8 Å². The van der Waals surface area contributed by atoms with Gasteiger partial charge in [-0.15, -0.1) is 0 Å². The van der Waals surface area contributed by atoms with Gasteiger partial charge in [0.25, 0.3) is 5.69 Å². The van der Waals surface area contributed by atoms with Crippen molar-refractivity contribution in [3.8, 4) is 0 Å². The zero-order valence-corrected chi connectivity index (χ0v) is 11.6. The largest absolute Gasteiger partial charge is 0.478 e. The first-order valence-corrected chi connectivity index (χ1v) is 6.19. The van der Waals surface area contributed by atoms with Gasteiger partial charge in [0.1, 0.15) is 0 Å². The quantitative estimate of drug-likeness (QED) is 0.544. The van der Waals surface area contributed by atoms with Gasteiger partial charge in [-0.05, 0) is 33.3 Å². The molecule has 0 radical (unpaired) electrons. The average Bonchev–Trinajstić information content (AvgIpc) is 2.29. The van der Waals surface area contributed by atoms with Crippen molar-refractivity contribution in [3.63, 3.8) is 0 Å². The molecule has 3 N–H and O–H groups in total. The Bertz CT molecular complexity index is 528. The van der Waals surface area contributed by atoms with E-state index in [9.17, 15) is 20.0 Å². The monoisotopic (exact) mass is 282 g/mol. The molecule has 0 saturated carbocycles. The Morgan fingerprint density at radius 3 is 2.50 bits per heavy atom. The van der Waals surface area contributed by atoms with Gasteiger partial charge >= 0.3 is 5.97 Å². The lowest BCUT2D eigenvalue weighted by molar-refractivity contribution is -0.385. The van der Waals surface area contributed by atoms with E-state index in [0.29, 0.717) is 17.7 Å². The SMILES string of the molecule is Cc1c(NC(C)CC(C)O)cc(C(=O)O)cc1[N+](=O)[O-]. The highest BCUT2D eigenvalue weighted by Gasteiger charge is 2.20. The first kappa shape index (κ1) is 15.9. The number of benzene rings is 1. The maximum Gasteiger partial charge on any atom is 0.336 e. The number of aromatic carboxylic acids is 1. The van der Waals surface area contributed by atoms with Gasteiger partial charge < -0.3 is 15.5 Å². The molecule has 0 spiro atoms. The number of anilines is 1. The van der Waals surface area contributed by atoms with Crippen LogP contribution in [0.5, 0.6) is 0 Å². The van der Waals surface area contributed by atoms with E-state index in [-0.39, 0.29) is 17.3 Å². The Morgan fingerprint density at radius 1 is 1.45 bits per heavy atom. The molecule has 2 atom stereocenters. The zero-order valence-electron chi connectivity index (χ0n) is 11.6. The minimum Gasteiger partial charge on any atom is -0.478 e. The number of aliphatic hydroxyl groups is 1. The Hall–Kier alpha value is -2.15. The normalized spacial score (nSPS) is 13.6. The van der Waals surface area contributed by atoms with Gasteiger partial charge in [0.05, 0.1) is 16.6 Å². The van der Waals surface area contributed by atoms with Gasteiger partial charge in [-0.3, -0.25) is 10.1 Å². The number of rotatable bonds is 6. The lowest BCUT2D eigenvalue weighted by Crippen LogP contribution is -2.21. The summed E-state index contributed by atoms with van der Waals surface area (Å²) in [6.07, 6.45) is -0.0692. The van der Waals surface area contributed by atoms with Crippen LogP contribution in [0.3, 0.4) is 0 Å². The molecule has 0 aliphatic carbocycles. The third-order valence-corrected chi connectivity index (χ3v) is 2.92. The van der Waals surface area contributed by atoms with Crippen molar-refractivity contribution in [2.75, 3.05) is 5.32 Å². The van der Waals surface area contributed by atoms with Crippen LogP contribution < -0.4 is 5.32 Å². The summed E-state index contributed by atoms with van der Waals surface area (Å²) in [5.41, 5.74) is 0.382. The molecular weight excluding hydrogens is 264 g/mol. The third kappa shape index (κ3) is 3.92. The minimum absolute atomic E-state index is 0.141. The molecule has 0 aliphatic rings. The summed E-state index contributed by atoms with van der Waals surface area (Å²) in [5.74, 6) is -1.22. The van der Waals surface area contributed by atoms with Crippen LogP contribution >= 0.6 is 0 Å². The lowest BCUT2D eigenvalue weighted by atomic mass is 10.1. The number of hydrogen-bond donors (Lipinski definition) is 3. The topological polar surface area (TPSA) is 113 Å². The highest BCUT2D eigenvalue weighted by molar-refractivity contribution is 5.90. The van der Waals surface area contributed by atoms with E-state index in [1.165, 1.54) is 6.07 Å². The molecular formula is C13H18N2O5. The molecule has 0 aliphatic heterocycles. The number of nitro benzene ring substituents is 1. The van der Waals surface area contributed by atoms with Crippen LogP contribution in [0.1, 0.15) is 36.2 Å². The van der Waals surface area contributed by atoms with Gasteiger partial charge in [-0.25, -0.2) is 4.79 Å². The van der Waals surface area contributed by atoms with Gasteiger partial charge in [0, 0.05) is 23.4 Å². The van der Waals surface area contributed by atoms with E-state index in [4.69, 9.17) is 5.11 Å². The number of hydrogen-bond acceptors (Lipinski definition) is 5. The van der Waals surface area contributed by atoms with Crippen molar-refractivity contribution < 1.29 is 19.9 Å². The van der Waals surface area contributed by atoms with Crippen molar-refractivity contribution in [1.29, 1.82) is 0 Å². The van der Waals surface area contributed by atoms with E-state index < -0.39 is 17.0 Å². The fourth-order valence-corrected chi connectivity index (χ4v) is 2.00. The fraction of sp³-hybridized carbons (Fsp3) is 0.462. The second kappa shape index (κ2) is 6.33. The van der Waals surface area contributed by atoms with Gasteiger partial charge in [0.2, 0.25) is 0 Å². The van der Waals surface area contributed by atoms with Gasteiger partial charge in [-0.1, -0.05) is 0 Å². The Balaban J connectivity index is 3.17. The molecule has 1 rings (SSSR count). The standard InChI is InChI=1S/C13H18N2O5/c1-7(4-8(2)16)14-11-5-10(13(17)18)6-12(9(11)3)15(19)20/h5-8,14,16H,4H2,1-3H3,(H,17,18). The van der Waals surface area contributed by atoms with Crippen molar-refractivity contribution in [2.45, 2.75) is 39.3 Å². The highest BCUT2D eigenvalue weighted by Crippen LogP contribution is 2.28. The van der Waals surface area contributed by atoms with Crippen molar-refractivity contribution in [2.24, 2.45) is 0 Å². The lowest BCUT2D eigenvalue weighted by Gasteiger charge is -2.18. The molecule has 0 bridgehead atoms.